The third-order valence-corrected chi connectivity index (χ3v) is 7.83. The van der Waals surface area contributed by atoms with Crippen molar-refractivity contribution >= 4 is 33.3 Å². The summed E-state index contributed by atoms with van der Waals surface area (Å²) in [5.41, 5.74) is 2.47. The first-order valence-corrected chi connectivity index (χ1v) is 12.2. The predicted octanol–water partition coefficient (Wildman–Crippen LogP) is 3.16. The minimum Gasteiger partial charge on any atom is -0.454 e. The number of carbonyl (C=O) groups excluding carboxylic acids is 2. The molecule has 1 unspecified atom stereocenters. The van der Waals surface area contributed by atoms with Crippen LogP contribution in [0.3, 0.4) is 0 Å². The number of hydrogen-bond acceptors (Lipinski definition) is 7. The zero-order chi connectivity index (χ0) is 25.2. The minimum atomic E-state index is -3.96. The Morgan fingerprint density at radius 1 is 1.12 bits per heavy atom. The van der Waals surface area contributed by atoms with Crippen molar-refractivity contribution in [1.82, 2.24) is 4.31 Å². The number of anilines is 1. The van der Waals surface area contributed by atoms with Gasteiger partial charge >= 0.3 is 5.97 Å². The van der Waals surface area contributed by atoms with Gasteiger partial charge in [0.1, 0.15) is 11.7 Å². The van der Waals surface area contributed by atoms with Gasteiger partial charge in [-0.25, -0.2) is 8.42 Å². The second kappa shape index (κ2) is 9.90. The summed E-state index contributed by atoms with van der Waals surface area (Å²) in [4.78, 5) is 35.8. The summed E-state index contributed by atoms with van der Waals surface area (Å²) in [6.45, 7) is 6.45. The number of ether oxygens (including phenoxy) is 1. The van der Waals surface area contributed by atoms with Crippen LogP contribution in [0, 0.1) is 37.8 Å². The van der Waals surface area contributed by atoms with Crippen LogP contribution in [0.2, 0.25) is 0 Å². The van der Waals surface area contributed by atoms with E-state index < -0.39 is 39.5 Å². The van der Waals surface area contributed by atoms with E-state index >= 15 is 0 Å². The van der Waals surface area contributed by atoms with Crippen LogP contribution < -0.4 is 5.32 Å². The van der Waals surface area contributed by atoms with Gasteiger partial charge in [0, 0.05) is 12.6 Å². The fraction of sp³-hybridized carbons (Fsp3) is 0.391. The van der Waals surface area contributed by atoms with Gasteiger partial charge in [0.15, 0.2) is 6.61 Å². The molecule has 1 saturated heterocycles. The average molecular weight is 490 g/mol. The predicted molar refractivity (Wildman–Crippen MR) is 125 cm³/mol. The summed E-state index contributed by atoms with van der Waals surface area (Å²) >= 11 is 0. The molecule has 11 heteroatoms. The Hall–Kier alpha value is -3.31. The van der Waals surface area contributed by atoms with Gasteiger partial charge in [-0.05, 0) is 63.3 Å². The number of nitro groups is 1. The summed E-state index contributed by atoms with van der Waals surface area (Å²) in [6, 6.07) is 6.82. The first-order chi connectivity index (χ1) is 15.9. The number of sulfonamides is 1. The molecule has 1 amide bonds. The number of benzene rings is 2. The number of amides is 1. The summed E-state index contributed by atoms with van der Waals surface area (Å²) in [5.74, 6) is -1.60. The van der Waals surface area contributed by atoms with Crippen LogP contribution in [0.5, 0.6) is 0 Å². The zero-order valence-electron chi connectivity index (χ0n) is 19.5. The highest BCUT2D eigenvalue weighted by Crippen LogP contribution is 2.31. The lowest BCUT2D eigenvalue weighted by atomic mass is 10.1. The van der Waals surface area contributed by atoms with Crippen LogP contribution in [0.15, 0.2) is 35.2 Å². The molecule has 3 rings (SSSR count). The van der Waals surface area contributed by atoms with E-state index in [9.17, 15) is 28.1 Å². The number of rotatable bonds is 7. The van der Waals surface area contributed by atoms with E-state index in [1.807, 2.05) is 6.92 Å². The van der Waals surface area contributed by atoms with Crippen molar-refractivity contribution in [3.8, 4) is 0 Å². The summed E-state index contributed by atoms with van der Waals surface area (Å²) in [6.07, 6.45) is 0.748. The molecule has 2 aromatic carbocycles. The maximum atomic E-state index is 13.4. The highest BCUT2D eigenvalue weighted by atomic mass is 32.2. The number of nitrogens with zero attached hydrogens (tertiary/aromatic N) is 2. The molecular formula is C23H27N3O7S. The fourth-order valence-corrected chi connectivity index (χ4v) is 6.33. The standard InChI is InChI=1S/C23H27N3O7S/c1-14-7-8-18(20(12-14)26(29)30)24-21(27)13-33-23(28)19-6-5-9-25(19)34(31,32)22-16(3)10-15(2)11-17(22)4/h7-8,10-12,19H,5-6,9,13H2,1-4H3,(H,24,27). The molecule has 1 aliphatic rings. The van der Waals surface area contributed by atoms with Crippen molar-refractivity contribution in [3.05, 3.63) is 62.7 Å². The van der Waals surface area contributed by atoms with Crippen molar-refractivity contribution in [3.63, 3.8) is 0 Å². The summed E-state index contributed by atoms with van der Waals surface area (Å²) in [5, 5.41) is 13.6. The van der Waals surface area contributed by atoms with Gasteiger partial charge in [-0.2, -0.15) is 4.31 Å². The molecule has 0 aliphatic carbocycles. The van der Waals surface area contributed by atoms with Gasteiger partial charge in [0.2, 0.25) is 10.0 Å². The molecule has 182 valence electrons. The van der Waals surface area contributed by atoms with Crippen LogP contribution >= 0.6 is 0 Å². The van der Waals surface area contributed by atoms with E-state index in [2.05, 4.69) is 5.32 Å². The Morgan fingerprint density at radius 3 is 2.38 bits per heavy atom. The van der Waals surface area contributed by atoms with Crippen molar-refractivity contribution < 1.29 is 27.7 Å². The molecule has 0 aromatic heterocycles. The summed E-state index contributed by atoms with van der Waals surface area (Å²) in [7, 11) is -3.96. The SMILES string of the molecule is Cc1cc(C)c(S(=O)(=O)N2CCCC2C(=O)OCC(=O)Nc2ccc(C)cc2[N+](=O)[O-])c(C)c1. The molecule has 34 heavy (non-hydrogen) atoms. The molecule has 0 saturated carbocycles. The molecule has 1 atom stereocenters. The lowest BCUT2D eigenvalue weighted by molar-refractivity contribution is -0.384. The third-order valence-electron chi connectivity index (χ3n) is 5.62. The summed E-state index contributed by atoms with van der Waals surface area (Å²) < 4.78 is 33.0. The van der Waals surface area contributed by atoms with Gasteiger partial charge in [-0.1, -0.05) is 23.8 Å². The Kier molecular flexibility index (Phi) is 7.37. The number of carbonyl (C=O) groups is 2. The van der Waals surface area contributed by atoms with Crippen LogP contribution in [-0.4, -0.2) is 48.7 Å². The first-order valence-electron chi connectivity index (χ1n) is 10.7. The number of esters is 1. The van der Waals surface area contributed by atoms with Crippen molar-refractivity contribution in [1.29, 1.82) is 0 Å². The second-order valence-corrected chi connectivity index (χ2v) is 10.3. The van der Waals surface area contributed by atoms with Gasteiger partial charge in [0.05, 0.1) is 9.82 Å². The molecule has 0 spiro atoms. The Labute approximate surface area is 198 Å². The molecule has 0 bridgehead atoms. The van der Waals surface area contributed by atoms with Crippen molar-refractivity contribution in [2.75, 3.05) is 18.5 Å². The highest BCUT2D eigenvalue weighted by Gasteiger charge is 2.41. The normalized spacial score (nSPS) is 16.3. The van der Waals surface area contributed by atoms with E-state index in [1.165, 1.54) is 12.1 Å². The topological polar surface area (TPSA) is 136 Å². The molecule has 1 fully saturated rings. The van der Waals surface area contributed by atoms with Crippen LogP contribution in [0.4, 0.5) is 11.4 Å². The highest BCUT2D eigenvalue weighted by molar-refractivity contribution is 7.89. The maximum absolute atomic E-state index is 13.4. The van der Waals surface area contributed by atoms with Gasteiger partial charge in [-0.15, -0.1) is 0 Å². The lowest BCUT2D eigenvalue weighted by Crippen LogP contribution is -2.42. The Bertz CT molecular complexity index is 1230. The van der Waals surface area contributed by atoms with Crippen LogP contribution in [-0.2, 0) is 24.3 Å². The van der Waals surface area contributed by atoms with Gasteiger partial charge < -0.3 is 10.1 Å². The monoisotopic (exact) mass is 489 g/mol. The molecular weight excluding hydrogens is 462 g/mol. The fourth-order valence-electron chi connectivity index (χ4n) is 4.27. The average Bonchev–Trinajstić information content (AvgIpc) is 3.23. The Balaban J connectivity index is 1.71. The van der Waals surface area contributed by atoms with Crippen LogP contribution in [0.25, 0.3) is 0 Å². The number of nitro benzene ring substituents is 1. The van der Waals surface area contributed by atoms with E-state index in [4.69, 9.17) is 4.74 Å². The van der Waals surface area contributed by atoms with Gasteiger partial charge in [0.25, 0.3) is 11.6 Å². The minimum absolute atomic E-state index is 0.0213. The molecule has 1 heterocycles. The van der Waals surface area contributed by atoms with E-state index in [1.54, 1.807) is 39.0 Å². The number of aryl methyl sites for hydroxylation is 4. The van der Waals surface area contributed by atoms with Crippen molar-refractivity contribution in [2.45, 2.75) is 51.5 Å². The number of nitrogens with one attached hydrogen (secondary N) is 1. The molecule has 2 aromatic rings. The number of hydrogen-bond donors (Lipinski definition) is 1. The largest absolute Gasteiger partial charge is 0.454 e. The third kappa shape index (κ3) is 5.26. The molecule has 1 aliphatic heterocycles. The quantitative estimate of drug-likeness (QED) is 0.358. The second-order valence-electron chi connectivity index (χ2n) is 8.44. The smallest absolute Gasteiger partial charge is 0.324 e. The maximum Gasteiger partial charge on any atom is 0.324 e. The van der Waals surface area contributed by atoms with E-state index in [0.717, 1.165) is 9.87 Å². The van der Waals surface area contributed by atoms with Crippen molar-refractivity contribution in [2.24, 2.45) is 0 Å². The zero-order valence-corrected chi connectivity index (χ0v) is 20.3. The molecule has 0 radical (unpaired) electrons. The first kappa shape index (κ1) is 25.3. The van der Waals surface area contributed by atoms with E-state index in [-0.39, 0.29) is 29.2 Å². The molecule has 10 nitrogen and oxygen atoms in total. The molecule has 1 N–H and O–H groups in total. The lowest BCUT2D eigenvalue weighted by Gasteiger charge is -2.24. The Morgan fingerprint density at radius 2 is 1.76 bits per heavy atom. The van der Waals surface area contributed by atoms with Crippen LogP contribution in [0.1, 0.15) is 35.1 Å². The van der Waals surface area contributed by atoms with E-state index in [0.29, 0.717) is 23.1 Å². The van der Waals surface area contributed by atoms with Gasteiger partial charge in [-0.3, -0.25) is 19.7 Å².